The van der Waals surface area contributed by atoms with Gasteiger partial charge in [-0.05, 0) is 47.5 Å². The van der Waals surface area contributed by atoms with Gasteiger partial charge in [0.1, 0.15) is 0 Å². The maximum Gasteiger partial charge on any atom is 0.338 e. The van der Waals surface area contributed by atoms with Crippen molar-refractivity contribution in [2.45, 2.75) is 26.8 Å². The lowest BCUT2D eigenvalue weighted by atomic mass is 9.94. The monoisotopic (exact) mass is 354 g/mol. The van der Waals surface area contributed by atoms with Gasteiger partial charge in [-0.1, -0.05) is 50.2 Å². The molecule has 0 spiro atoms. The van der Waals surface area contributed by atoms with Gasteiger partial charge in [-0.15, -0.1) is 0 Å². The first-order chi connectivity index (χ1) is 12.0. The SMILES string of the molecule is CC1=C(C(=O)OCC(C)C)[C@@H](c2ccc3ccccc3c2)NC(=S)N1. The summed E-state index contributed by atoms with van der Waals surface area (Å²) in [6, 6.07) is 14.0. The Morgan fingerprint density at radius 1 is 1.20 bits per heavy atom. The minimum Gasteiger partial charge on any atom is -0.462 e. The molecule has 25 heavy (non-hydrogen) atoms. The van der Waals surface area contributed by atoms with Crippen LogP contribution >= 0.6 is 12.2 Å². The topological polar surface area (TPSA) is 50.4 Å². The molecule has 0 saturated heterocycles. The number of esters is 1. The lowest BCUT2D eigenvalue weighted by molar-refractivity contribution is -0.140. The predicted octanol–water partition coefficient (Wildman–Crippen LogP) is 3.83. The highest BCUT2D eigenvalue weighted by molar-refractivity contribution is 7.80. The molecule has 0 bridgehead atoms. The number of thiocarbonyl (C=S) groups is 1. The average Bonchev–Trinajstić information content (AvgIpc) is 2.58. The van der Waals surface area contributed by atoms with E-state index in [9.17, 15) is 4.79 Å². The van der Waals surface area contributed by atoms with Gasteiger partial charge >= 0.3 is 5.97 Å². The van der Waals surface area contributed by atoms with E-state index in [2.05, 4.69) is 34.9 Å². The van der Waals surface area contributed by atoms with Crippen LogP contribution in [0.5, 0.6) is 0 Å². The maximum atomic E-state index is 12.7. The number of ether oxygens (including phenoxy) is 1. The fourth-order valence-electron chi connectivity index (χ4n) is 2.92. The smallest absolute Gasteiger partial charge is 0.338 e. The zero-order valence-electron chi connectivity index (χ0n) is 14.6. The number of hydrogen-bond acceptors (Lipinski definition) is 3. The summed E-state index contributed by atoms with van der Waals surface area (Å²) in [5.74, 6) is -0.0265. The summed E-state index contributed by atoms with van der Waals surface area (Å²) < 4.78 is 5.47. The van der Waals surface area contributed by atoms with E-state index >= 15 is 0 Å². The summed E-state index contributed by atoms with van der Waals surface area (Å²) >= 11 is 5.29. The molecule has 1 aliphatic heterocycles. The van der Waals surface area contributed by atoms with Gasteiger partial charge in [-0.2, -0.15) is 0 Å². The van der Waals surface area contributed by atoms with Crippen LogP contribution < -0.4 is 10.6 Å². The molecule has 0 radical (unpaired) electrons. The Bertz CT molecular complexity index is 858. The molecule has 0 saturated carbocycles. The number of allylic oxidation sites excluding steroid dienone is 1. The molecule has 0 aliphatic carbocycles. The molecular weight excluding hydrogens is 332 g/mol. The number of rotatable bonds is 4. The third kappa shape index (κ3) is 3.82. The van der Waals surface area contributed by atoms with Crippen molar-refractivity contribution in [1.29, 1.82) is 0 Å². The van der Waals surface area contributed by atoms with E-state index in [4.69, 9.17) is 17.0 Å². The van der Waals surface area contributed by atoms with Crippen LogP contribution in [0.2, 0.25) is 0 Å². The van der Waals surface area contributed by atoms with Gasteiger partial charge in [0.25, 0.3) is 0 Å². The maximum absolute atomic E-state index is 12.7. The molecule has 0 aromatic heterocycles. The summed E-state index contributed by atoms with van der Waals surface area (Å²) in [5, 5.41) is 9.04. The van der Waals surface area contributed by atoms with Crippen LogP contribution in [0.25, 0.3) is 10.8 Å². The predicted molar refractivity (Wildman–Crippen MR) is 104 cm³/mol. The van der Waals surface area contributed by atoms with Crippen LogP contribution in [0.1, 0.15) is 32.4 Å². The van der Waals surface area contributed by atoms with E-state index in [1.54, 1.807) is 0 Å². The average molecular weight is 354 g/mol. The van der Waals surface area contributed by atoms with E-state index in [0.717, 1.165) is 22.0 Å². The summed E-state index contributed by atoms with van der Waals surface area (Å²) in [5.41, 5.74) is 2.29. The van der Waals surface area contributed by atoms with Gasteiger partial charge < -0.3 is 15.4 Å². The summed E-state index contributed by atoms with van der Waals surface area (Å²) in [6.45, 7) is 6.28. The lowest BCUT2D eigenvalue weighted by Crippen LogP contribution is -2.45. The first kappa shape index (κ1) is 17.4. The second-order valence-electron chi connectivity index (χ2n) is 6.67. The van der Waals surface area contributed by atoms with Crippen molar-refractivity contribution in [2.24, 2.45) is 5.92 Å². The third-order valence-electron chi connectivity index (χ3n) is 4.14. The Labute approximate surface area is 153 Å². The molecule has 130 valence electrons. The van der Waals surface area contributed by atoms with E-state index < -0.39 is 0 Å². The van der Waals surface area contributed by atoms with Crippen LogP contribution in [0.4, 0.5) is 0 Å². The second-order valence-corrected chi connectivity index (χ2v) is 7.08. The van der Waals surface area contributed by atoms with E-state index in [1.165, 1.54) is 0 Å². The van der Waals surface area contributed by atoms with Gasteiger partial charge in [0, 0.05) is 5.70 Å². The van der Waals surface area contributed by atoms with Crippen molar-refractivity contribution in [1.82, 2.24) is 10.6 Å². The van der Waals surface area contributed by atoms with E-state index in [0.29, 0.717) is 17.3 Å². The molecule has 2 aromatic carbocycles. The standard InChI is InChI=1S/C20H22N2O2S/c1-12(2)11-24-19(23)17-13(3)21-20(25)22-18(17)16-9-8-14-6-4-5-7-15(14)10-16/h4-10,12,18H,11H2,1-3H3,(H2,21,22,25)/t18-/m1/s1. The van der Waals surface area contributed by atoms with Crippen LogP contribution in [0.15, 0.2) is 53.7 Å². The number of carbonyl (C=O) groups excluding carboxylic acids is 1. The molecule has 5 heteroatoms. The molecule has 3 rings (SSSR count). The quantitative estimate of drug-likeness (QED) is 0.645. The molecule has 2 aromatic rings. The van der Waals surface area contributed by atoms with Gasteiger partial charge in [-0.3, -0.25) is 0 Å². The van der Waals surface area contributed by atoms with Gasteiger partial charge in [0.2, 0.25) is 0 Å². The van der Waals surface area contributed by atoms with Crippen molar-refractivity contribution in [2.75, 3.05) is 6.61 Å². The first-order valence-electron chi connectivity index (χ1n) is 8.40. The molecule has 0 amide bonds. The molecule has 0 fully saturated rings. The van der Waals surface area contributed by atoms with E-state index in [1.807, 2.05) is 39.0 Å². The Hall–Kier alpha value is -2.40. The Kier molecular flexibility index (Phi) is 5.04. The van der Waals surface area contributed by atoms with E-state index in [-0.39, 0.29) is 17.9 Å². The van der Waals surface area contributed by atoms with Crippen LogP contribution in [0.3, 0.4) is 0 Å². The lowest BCUT2D eigenvalue weighted by Gasteiger charge is -2.30. The molecule has 1 atom stereocenters. The van der Waals surface area contributed by atoms with Gasteiger partial charge in [0.05, 0.1) is 18.2 Å². The third-order valence-corrected chi connectivity index (χ3v) is 4.36. The van der Waals surface area contributed by atoms with Crippen molar-refractivity contribution in [3.8, 4) is 0 Å². The first-order valence-corrected chi connectivity index (χ1v) is 8.80. The highest BCUT2D eigenvalue weighted by atomic mass is 32.1. The zero-order valence-corrected chi connectivity index (χ0v) is 15.4. The minimum atomic E-state index is -0.321. The van der Waals surface area contributed by atoms with Crippen LogP contribution in [0, 0.1) is 5.92 Å². The number of nitrogens with one attached hydrogen (secondary N) is 2. The second kappa shape index (κ2) is 7.23. The minimum absolute atomic E-state index is 0.287. The van der Waals surface area contributed by atoms with Crippen LogP contribution in [-0.4, -0.2) is 17.7 Å². The van der Waals surface area contributed by atoms with Gasteiger partial charge in [0.15, 0.2) is 5.11 Å². The number of benzene rings is 2. The summed E-state index contributed by atoms with van der Waals surface area (Å²) in [7, 11) is 0. The van der Waals surface area contributed by atoms with Crippen LogP contribution in [-0.2, 0) is 9.53 Å². The number of carbonyl (C=O) groups is 1. The normalized spacial score (nSPS) is 17.4. The molecule has 1 heterocycles. The Balaban J connectivity index is 1.99. The molecule has 4 nitrogen and oxygen atoms in total. The van der Waals surface area contributed by atoms with Gasteiger partial charge in [-0.25, -0.2) is 4.79 Å². The van der Waals surface area contributed by atoms with Crippen molar-refractivity contribution in [3.63, 3.8) is 0 Å². The Morgan fingerprint density at radius 2 is 1.92 bits per heavy atom. The van der Waals surface area contributed by atoms with Crippen molar-refractivity contribution < 1.29 is 9.53 Å². The Morgan fingerprint density at radius 3 is 2.64 bits per heavy atom. The molecule has 2 N–H and O–H groups in total. The highest BCUT2D eigenvalue weighted by Crippen LogP contribution is 2.29. The summed E-state index contributed by atoms with van der Waals surface area (Å²) in [6.07, 6.45) is 0. The van der Waals surface area contributed by atoms with Crippen molar-refractivity contribution >= 4 is 34.1 Å². The fourth-order valence-corrected chi connectivity index (χ4v) is 3.19. The number of fused-ring (bicyclic) bond motifs is 1. The number of hydrogen-bond donors (Lipinski definition) is 2. The summed E-state index contributed by atoms with van der Waals surface area (Å²) in [4.78, 5) is 12.7. The largest absolute Gasteiger partial charge is 0.462 e. The molecule has 0 unspecified atom stereocenters. The van der Waals surface area contributed by atoms with Crippen molar-refractivity contribution in [3.05, 3.63) is 59.3 Å². The molecular formula is C20H22N2O2S. The fraction of sp³-hybridized carbons (Fsp3) is 0.300. The molecule has 1 aliphatic rings. The highest BCUT2D eigenvalue weighted by Gasteiger charge is 2.31. The zero-order chi connectivity index (χ0) is 18.0.